The lowest BCUT2D eigenvalue weighted by Gasteiger charge is -2.15. The Morgan fingerprint density at radius 3 is 2.46 bits per heavy atom. The summed E-state index contributed by atoms with van der Waals surface area (Å²) in [4.78, 5) is 33.1. The molecular formula is C23H20Cl2F3N7O4. The molecule has 2 atom stereocenters. The van der Waals surface area contributed by atoms with Crippen molar-refractivity contribution in [3.63, 3.8) is 0 Å². The van der Waals surface area contributed by atoms with Crippen molar-refractivity contribution in [2.24, 2.45) is 0 Å². The molecule has 0 saturated heterocycles. The standard InChI is InChI=1S/C23H20Cl2F3N7O4/c1-12(39-13(2)36)20-30-19(31-35(20)17-9-29-8-7-16(17)25)11-34-22(38)33(10-18(37)23(26,27)28)21(32-34)14-3-5-15(24)6-4-14/h3-9,12,18,37H,10-11H2,1-2H3. The van der Waals surface area contributed by atoms with Gasteiger partial charge in [0.25, 0.3) is 0 Å². The second-order valence-electron chi connectivity index (χ2n) is 8.32. The molecule has 0 fully saturated rings. The maximum absolute atomic E-state index is 13.2. The zero-order valence-corrected chi connectivity index (χ0v) is 21.8. The van der Waals surface area contributed by atoms with Crippen molar-refractivity contribution >= 4 is 29.2 Å². The van der Waals surface area contributed by atoms with Gasteiger partial charge >= 0.3 is 17.8 Å². The van der Waals surface area contributed by atoms with Crippen LogP contribution in [0.15, 0.2) is 47.5 Å². The minimum absolute atomic E-state index is 0.00898. The number of benzene rings is 1. The molecule has 1 N–H and O–H groups in total. The molecule has 4 aromatic rings. The average molecular weight is 586 g/mol. The number of aromatic nitrogens is 7. The lowest BCUT2D eigenvalue weighted by Crippen LogP contribution is -2.37. The largest absolute Gasteiger partial charge is 0.455 e. The zero-order valence-electron chi connectivity index (χ0n) is 20.3. The molecule has 206 valence electrons. The van der Waals surface area contributed by atoms with Crippen molar-refractivity contribution in [3.05, 3.63) is 74.9 Å². The number of nitrogens with zero attached hydrogens (tertiary/aromatic N) is 7. The van der Waals surface area contributed by atoms with Crippen LogP contribution in [0.25, 0.3) is 17.1 Å². The molecule has 0 saturated carbocycles. The third-order valence-corrected chi connectivity index (χ3v) is 5.98. The Hall–Kier alpha value is -3.75. The van der Waals surface area contributed by atoms with Crippen LogP contribution in [-0.2, 0) is 22.6 Å². The van der Waals surface area contributed by atoms with E-state index in [2.05, 4.69) is 20.2 Å². The number of hydrogen-bond acceptors (Lipinski definition) is 8. The molecule has 0 aliphatic heterocycles. The summed E-state index contributed by atoms with van der Waals surface area (Å²) in [5.74, 6) is -0.562. The van der Waals surface area contributed by atoms with Crippen LogP contribution in [0.5, 0.6) is 0 Å². The van der Waals surface area contributed by atoms with Crippen LogP contribution >= 0.6 is 23.2 Å². The van der Waals surface area contributed by atoms with E-state index in [4.69, 9.17) is 27.9 Å². The fourth-order valence-corrected chi connectivity index (χ4v) is 3.95. The van der Waals surface area contributed by atoms with Gasteiger partial charge in [-0.15, -0.1) is 10.2 Å². The second-order valence-corrected chi connectivity index (χ2v) is 9.16. The van der Waals surface area contributed by atoms with Crippen LogP contribution in [0.4, 0.5) is 13.2 Å². The van der Waals surface area contributed by atoms with E-state index >= 15 is 0 Å². The molecule has 0 spiro atoms. The molecule has 0 aliphatic rings. The summed E-state index contributed by atoms with van der Waals surface area (Å²) < 4.78 is 47.5. The Morgan fingerprint density at radius 2 is 1.85 bits per heavy atom. The molecule has 4 rings (SSSR count). The van der Waals surface area contributed by atoms with Crippen molar-refractivity contribution in [1.29, 1.82) is 0 Å². The molecule has 0 aliphatic carbocycles. The van der Waals surface area contributed by atoms with Crippen LogP contribution in [0.3, 0.4) is 0 Å². The SMILES string of the molecule is CC(=O)OC(C)c1nc(Cn2nc(-c3ccc(Cl)cc3)n(CC(O)C(F)(F)F)c2=O)nn1-c1cnccc1Cl. The van der Waals surface area contributed by atoms with Gasteiger partial charge in [0.15, 0.2) is 29.7 Å². The molecule has 0 bridgehead atoms. The topological polar surface area (TPSA) is 130 Å². The van der Waals surface area contributed by atoms with E-state index in [1.165, 1.54) is 54.3 Å². The Balaban J connectivity index is 1.79. The van der Waals surface area contributed by atoms with Gasteiger partial charge < -0.3 is 9.84 Å². The van der Waals surface area contributed by atoms with Gasteiger partial charge in [0.1, 0.15) is 12.2 Å². The van der Waals surface area contributed by atoms with E-state index in [0.717, 1.165) is 4.68 Å². The number of ether oxygens (including phenoxy) is 1. The summed E-state index contributed by atoms with van der Waals surface area (Å²) >= 11 is 12.2. The normalized spacial score (nSPS) is 13.3. The number of carbonyl (C=O) groups is 1. The van der Waals surface area contributed by atoms with Crippen molar-refractivity contribution in [1.82, 2.24) is 34.1 Å². The zero-order chi connectivity index (χ0) is 28.5. The van der Waals surface area contributed by atoms with Gasteiger partial charge in [0, 0.05) is 23.7 Å². The second kappa shape index (κ2) is 11.2. The number of carbonyl (C=O) groups excluding carboxylic acids is 1. The molecule has 3 aromatic heterocycles. The van der Waals surface area contributed by atoms with Gasteiger partial charge in [-0.3, -0.25) is 14.3 Å². The van der Waals surface area contributed by atoms with E-state index in [-0.39, 0.29) is 34.6 Å². The molecule has 39 heavy (non-hydrogen) atoms. The summed E-state index contributed by atoms with van der Waals surface area (Å²) in [5, 5.41) is 18.8. The van der Waals surface area contributed by atoms with Crippen LogP contribution in [0, 0.1) is 0 Å². The number of halogens is 5. The van der Waals surface area contributed by atoms with Crippen LogP contribution in [-0.4, -0.2) is 57.5 Å². The first-order chi connectivity index (χ1) is 18.3. The number of aliphatic hydroxyl groups is 1. The van der Waals surface area contributed by atoms with Crippen LogP contribution < -0.4 is 5.69 Å². The highest BCUT2D eigenvalue weighted by Gasteiger charge is 2.39. The van der Waals surface area contributed by atoms with Gasteiger partial charge in [0.05, 0.1) is 17.8 Å². The predicted molar refractivity (Wildman–Crippen MR) is 132 cm³/mol. The molecule has 11 nitrogen and oxygen atoms in total. The Morgan fingerprint density at radius 1 is 1.15 bits per heavy atom. The number of rotatable bonds is 8. The first kappa shape index (κ1) is 28.3. The van der Waals surface area contributed by atoms with Crippen molar-refractivity contribution in [3.8, 4) is 17.1 Å². The quantitative estimate of drug-likeness (QED) is 0.310. The van der Waals surface area contributed by atoms with Crippen molar-refractivity contribution in [2.75, 3.05) is 0 Å². The fourth-order valence-electron chi connectivity index (χ4n) is 3.63. The number of pyridine rings is 1. The highest BCUT2D eigenvalue weighted by molar-refractivity contribution is 6.32. The highest BCUT2D eigenvalue weighted by Crippen LogP contribution is 2.26. The average Bonchev–Trinajstić information content (AvgIpc) is 3.41. The molecule has 16 heteroatoms. The Kier molecular flexibility index (Phi) is 8.09. The predicted octanol–water partition coefficient (Wildman–Crippen LogP) is 3.59. The third-order valence-electron chi connectivity index (χ3n) is 5.41. The molecule has 0 radical (unpaired) electrons. The van der Waals surface area contributed by atoms with Gasteiger partial charge in [-0.25, -0.2) is 19.1 Å². The highest BCUT2D eigenvalue weighted by atomic mass is 35.5. The van der Waals surface area contributed by atoms with Crippen LogP contribution in [0.1, 0.15) is 31.6 Å². The van der Waals surface area contributed by atoms with Crippen LogP contribution in [0.2, 0.25) is 10.0 Å². The minimum Gasteiger partial charge on any atom is -0.455 e. The number of aliphatic hydroxyl groups excluding tert-OH is 1. The monoisotopic (exact) mass is 585 g/mol. The lowest BCUT2D eigenvalue weighted by atomic mass is 10.2. The minimum atomic E-state index is -4.97. The first-order valence-electron chi connectivity index (χ1n) is 11.3. The molecule has 3 heterocycles. The van der Waals surface area contributed by atoms with Gasteiger partial charge in [-0.05, 0) is 37.3 Å². The lowest BCUT2D eigenvalue weighted by molar-refractivity contribution is -0.207. The van der Waals surface area contributed by atoms with E-state index < -0.39 is 36.6 Å². The summed E-state index contributed by atoms with van der Waals surface area (Å²) in [7, 11) is 0. The molecule has 0 amide bonds. The molecular weight excluding hydrogens is 566 g/mol. The fraction of sp³-hybridized carbons (Fsp3) is 0.304. The molecule has 1 aromatic carbocycles. The van der Waals surface area contributed by atoms with Crippen molar-refractivity contribution in [2.45, 2.75) is 45.3 Å². The maximum atomic E-state index is 13.2. The van der Waals surface area contributed by atoms with E-state index in [9.17, 15) is 27.9 Å². The van der Waals surface area contributed by atoms with Gasteiger partial charge in [0.2, 0.25) is 0 Å². The number of esters is 1. The van der Waals surface area contributed by atoms with E-state index in [1.54, 1.807) is 6.92 Å². The first-order valence-corrected chi connectivity index (χ1v) is 12.0. The third kappa shape index (κ3) is 6.29. The Labute approximate surface area is 228 Å². The summed E-state index contributed by atoms with van der Waals surface area (Å²) in [6.07, 6.45) is -5.81. The maximum Gasteiger partial charge on any atom is 0.416 e. The van der Waals surface area contributed by atoms with E-state index in [1.807, 2.05) is 0 Å². The Bertz CT molecular complexity index is 1550. The van der Waals surface area contributed by atoms with E-state index in [0.29, 0.717) is 15.3 Å². The summed E-state index contributed by atoms with van der Waals surface area (Å²) in [6, 6.07) is 7.42. The van der Waals surface area contributed by atoms with Gasteiger partial charge in [-0.2, -0.15) is 13.2 Å². The summed E-state index contributed by atoms with van der Waals surface area (Å²) in [6.45, 7) is 1.30. The number of alkyl halides is 3. The summed E-state index contributed by atoms with van der Waals surface area (Å²) in [5.41, 5.74) is -0.358. The van der Waals surface area contributed by atoms with Gasteiger partial charge in [-0.1, -0.05) is 23.2 Å². The smallest absolute Gasteiger partial charge is 0.416 e. The van der Waals surface area contributed by atoms with Crippen molar-refractivity contribution < 1.29 is 27.8 Å². The molecule has 2 unspecified atom stereocenters. The number of hydrogen-bond donors (Lipinski definition) is 1.